The fraction of sp³-hybridized carbons (Fsp3) is 0.529. The summed E-state index contributed by atoms with van der Waals surface area (Å²) in [6.45, 7) is 6.98. The summed E-state index contributed by atoms with van der Waals surface area (Å²) < 4.78 is 23.7. The van der Waals surface area contributed by atoms with Crippen LogP contribution in [0.3, 0.4) is 0 Å². The fourth-order valence-corrected chi connectivity index (χ4v) is 2.90. The van der Waals surface area contributed by atoms with E-state index in [1.165, 1.54) is 12.1 Å². The van der Waals surface area contributed by atoms with Crippen LogP contribution >= 0.6 is 12.4 Å². The first-order valence-corrected chi connectivity index (χ1v) is 8.10. The van der Waals surface area contributed by atoms with Crippen molar-refractivity contribution >= 4 is 12.4 Å². The molecule has 1 atom stereocenters. The van der Waals surface area contributed by atoms with Crippen LogP contribution in [-0.4, -0.2) is 34.2 Å². The molecule has 1 saturated heterocycles. The summed E-state index contributed by atoms with van der Waals surface area (Å²) in [5, 5.41) is 3.93. The van der Waals surface area contributed by atoms with Gasteiger partial charge in [-0.05, 0) is 36.1 Å². The Balaban J connectivity index is 0.00000225. The second-order valence-electron chi connectivity index (χ2n) is 6.94. The standard InChI is InChI=1S/C17H23FN4O2.ClH/c1-17(2)11-22(8-7-14(17)19)9-16-20-15(21-24-16)10-23-13-5-3-12(18)4-6-13;/h3-6,14H,7-11,19H2,1-2H3;1H. The SMILES string of the molecule is CC1(C)CN(Cc2nc(COc3ccc(F)cc3)no2)CCC1N.Cl. The van der Waals surface area contributed by atoms with E-state index >= 15 is 0 Å². The first-order valence-electron chi connectivity index (χ1n) is 8.10. The normalized spacial score (nSPS) is 20.1. The molecule has 138 valence electrons. The lowest BCUT2D eigenvalue weighted by atomic mass is 9.80. The van der Waals surface area contributed by atoms with Crippen LogP contribution in [0.1, 0.15) is 32.0 Å². The van der Waals surface area contributed by atoms with Crippen molar-refractivity contribution in [2.45, 2.75) is 39.5 Å². The van der Waals surface area contributed by atoms with Gasteiger partial charge < -0.3 is 15.0 Å². The highest BCUT2D eigenvalue weighted by atomic mass is 35.5. The summed E-state index contributed by atoms with van der Waals surface area (Å²) in [6.07, 6.45) is 0.960. The second kappa shape index (κ2) is 8.12. The highest BCUT2D eigenvalue weighted by Gasteiger charge is 2.33. The molecule has 1 aliphatic heterocycles. The fourth-order valence-electron chi connectivity index (χ4n) is 2.90. The summed E-state index contributed by atoms with van der Waals surface area (Å²) in [4.78, 5) is 6.63. The van der Waals surface area contributed by atoms with Crippen LogP contribution in [0.4, 0.5) is 4.39 Å². The van der Waals surface area contributed by atoms with Gasteiger partial charge in [-0.2, -0.15) is 4.98 Å². The summed E-state index contributed by atoms with van der Waals surface area (Å²) in [5.41, 5.74) is 6.23. The summed E-state index contributed by atoms with van der Waals surface area (Å²) in [7, 11) is 0. The van der Waals surface area contributed by atoms with Crippen molar-refractivity contribution in [2.24, 2.45) is 11.1 Å². The first kappa shape index (κ1) is 19.6. The molecule has 0 spiro atoms. The van der Waals surface area contributed by atoms with E-state index in [2.05, 4.69) is 28.9 Å². The molecule has 0 amide bonds. The maximum absolute atomic E-state index is 12.8. The minimum atomic E-state index is -0.298. The summed E-state index contributed by atoms with van der Waals surface area (Å²) in [6, 6.07) is 6.04. The molecular weight excluding hydrogens is 347 g/mol. The molecule has 3 rings (SSSR count). The molecule has 2 N–H and O–H groups in total. The number of rotatable bonds is 5. The van der Waals surface area contributed by atoms with Crippen molar-refractivity contribution < 1.29 is 13.7 Å². The molecule has 0 bridgehead atoms. The average molecular weight is 371 g/mol. The topological polar surface area (TPSA) is 77.4 Å². The Kier molecular flexibility index (Phi) is 6.37. The van der Waals surface area contributed by atoms with E-state index in [1.807, 2.05) is 0 Å². The highest BCUT2D eigenvalue weighted by Crippen LogP contribution is 2.28. The first-order chi connectivity index (χ1) is 11.4. The Labute approximate surface area is 152 Å². The van der Waals surface area contributed by atoms with Crippen LogP contribution in [0.25, 0.3) is 0 Å². The molecular formula is C17H24ClFN4O2. The number of aromatic nitrogens is 2. The number of piperidine rings is 1. The molecule has 8 heteroatoms. The van der Waals surface area contributed by atoms with E-state index in [0.717, 1.165) is 19.5 Å². The third-order valence-electron chi connectivity index (χ3n) is 4.44. The zero-order valence-corrected chi connectivity index (χ0v) is 15.3. The molecule has 25 heavy (non-hydrogen) atoms. The van der Waals surface area contributed by atoms with E-state index in [0.29, 0.717) is 24.0 Å². The van der Waals surface area contributed by atoms with Crippen molar-refractivity contribution in [3.05, 3.63) is 41.8 Å². The molecule has 1 aromatic heterocycles. The quantitative estimate of drug-likeness (QED) is 0.872. The van der Waals surface area contributed by atoms with Crippen molar-refractivity contribution in [1.82, 2.24) is 15.0 Å². The molecule has 0 aliphatic carbocycles. The zero-order valence-electron chi connectivity index (χ0n) is 14.4. The van der Waals surface area contributed by atoms with Gasteiger partial charge in [-0.15, -0.1) is 12.4 Å². The molecule has 1 aromatic carbocycles. The Morgan fingerprint density at radius 3 is 2.76 bits per heavy atom. The molecule has 0 saturated carbocycles. The molecule has 2 heterocycles. The van der Waals surface area contributed by atoms with Gasteiger partial charge in [0.2, 0.25) is 11.7 Å². The second-order valence-corrected chi connectivity index (χ2v) is 6.94. The zero-order chi connectivity index (χ0) is 17.2. The van der Waals surface area contributed by atoms with Gasteiger partial charge in [0, 0.05) is 19.1 Å². The Morgan fingerprint density at radius 2 is 2.08 bits per heavy atom. The highest BCUT2D eigenvalue weighted by molar-refractivity contribution is 5.85. The van der Waals surface area contributed by atoms with E-state index in [1.54, 1.807) is 12.1 Å². The van der Waals surface area contributed by atoms with E-state index in [4.69, 9.17) is 15.0 Å². The van der Waals surface area contributed by atoms with Gasteiger partial charge in [0.25, 0.3) is 0 Å². The Hall–Kier alpha value is -1.70. The average Bonchev–Trinajstić information content (AvgIpc) is 2.98. The van der Waals surface area contributed by atoms with Crippen molar-refractivity contribution in [3.63, 3.8) is 0 Å². The Bertz CT molecular complexity index is 678. The lowest BCUT2D eigenvalue weighted by molar-refractivity contribution is 0.0811. The third-order valence-corrected chi connectivity index (χ3v) is 4.44. The predicted molar refractivity (Wildman–Crippen MR) is 93.9 cm³/mol. The van der Waals surface area contributed by atoms with Crippen LogP contribution < -0.4 is 10.5 Å². The maximum Gasteiger partial charge on any atom is 0.240 e. The maximum atomic E-state index is 12.8. The van der Waals surface area contributed by atoms with Crippen molar-refractivity contribution in [1.29, 1.82) is 0 Å². The number of benzene rings is 1. The lowest BCUT2D eigenvalue weighted by Gasteiger charge is -2.42. The number of halogens is 2. The molecule has 1 aliphatic rings. The van der Waals surface area contributed by atoms with Gasteiger partial charge in [-0.3, -0.25) is 4.90 Å². The molecule has 1 fully saturated rings. The third kappa shape index (κ3) is 5.14. The van der Waals surface area contributed by atoms with Crippen LogP contribution in [-0.2, 0) is 13.2 Å². The number of nitrogens with zero attached hydrogens (tertiary/aromatic N) is 3. The van der Waals surface area contributed by atoms with Crippen LogP contribution in [0.15, 0.2) is 28.8 Å². The number of nitrogens with two attached hydrogens (primary N) is 1. The monoisotopic (exact) mass is 370 g/mol. The molecule has 0 radical (unpaired) electrons. The van der Waals surface area contributed by atoms with Crippen LogP contribution in [0.2, 0.25) is 0 Å². The van der Waals surface area contributed by atoms with Crippen LogP contribution in [0, 0.1) is 11.2 Å². The lowest BCUT2D eigenvalue weighted by Crippen LogP contribution is -2.52. The molecule has 2 aromatic rings. The number of ether oxygens (including phenoxy) is 1. The van der Waals surface area contributed by atoms with E-state index in [-0.39, 0.29) is 36.3 Å². The van der Waals surface area contributed by atoms with Gasteiger partial charge in [0.05, 0.1) is 6.54 Å². The number of likely N-dealkylation sites (tertiary alicyclic amines) is 1. The van der Waals surface area contributed by atoms with Gasteiger partial charge in [-0.1, -0.05) is 19.0 Å². The van der Waals surface area contributed by atoms with Gasteiger partial charge >= 0.3 is 0 Å². The van der Waals surface area contributed by atoms with Gasteiger partial charge in [-0.25, -0.2) is 4.39 Å². The predicted octanol–water partition coefficient (Wildman–Crippen LogP) is 2.77. The minimum absolute atomic E-state index is 0. The van der Waals surface area contributed by atoms with Gasteiger partial charge in [0.1, 0.15) is 11.6 Å². The largest absolute Gasteiger partial charge is 0.485 e. The smallest absolute Gasteiger partial charge is 0.240 e. The van der Waals surface area contributed by atoms with E-state index < -0.39 is 0 Å². The number of hydrogen-bond donors (Lipinski definition) is 1. The number of hydrogen-bond acceptors (Lipinski definition) is 6. The van der Waals surface area contributed by atoms with Crippen molar-refractivity contribution in [3.8, 4) is 5.75 Å². The Morgan fingerprint density at radius 1 is 1.36 bits per heavy atom. The van der Waals surface area contributed by atoms with Gasteiger partial charge in [0.15, 0.2) is 6.61 Å². The summed E-state index contributed by atoms with van der Waals surface area (Å²) in [5.74, 6) is 1.31. The minimum Gasteiger partial charge on any atom is -0.485 e. The van der Waals surface area contributed by atoms with Crippen molar-refractivity contribution in [2.75, 3.05) is 13.1 Å². The molecule has 1 unspecified atom stereocenters. The molecule has 6 nitrogen and oxygen atoms in total. The van der Waals surface area contributed by atoms with Crippen LogP contribution in [0.5, 0.6) is 5.75 Å². The van der Waals surface area contributed by atoms with E-state index in [9.17, 15) is 4.39 Å². The summed E-state index contributed by atoms with van der Waals surface area (Å²) >= 11 is 0.